The number of nitriles is 1. The average Bonchev–Trinajstić information content (AvgIpc) is 2.64. The molecule has 0 atom stereocenters. The highest BCUT2D eigenvalue weighted by Crippen LogP contribution is 2.28. The van der Waals surface area contributed by atoms with Crippen LogP contribution < -0.4 is 14.2 Å². The van der Waals surface area contributed by atoms with E-state index in [1.54, 1.807) is 36.4 Å². The molecule has 8 heteroatoms. The van der Waals surface area contributed by atoms with E-state index in [0.29, 0.717) is 22.7 Å². The zero-order valence-electron chi connectivity index (χ0n) is 14.8. The third kappa shape index (κ3) is 6.17. The maximum Gasteiger partial charge on any atom is 0.229 e. The van der Waals surface area contributed by atoms with Gasteiger partial charge in [0.1, 0.15) is 6.07 Å². The normalized spacial score (nSPS) is 11.0. The van der Waals surface area contributed by atoms with Crippen molar-refractivity contribution in [2.75, 3.05) is 24.7 Å². The number of ketones is 1. The van der Waals surface area contributed by atoms with Gasteiger partial charge in [0.15, 0.2) is 23.9 Å². The number of allylic oxidation sites excluding steroid dienone is 1. The summed E-state index contributed by atoms with van der Waals surface area (Å²) in [4.78, 5) is 12.3. The highest BCUT2D eigenvalue weighted by molar-refractivity contribution is 7.92. The van der Waals surface area contributed by atoms with E-state index >= 15 is 0 Å². The van der Waals surface area contributed by atoms with Crippen LogP contribution in [0.4, 0.5) is 5.69 Å². The predicted molar refractivity (Wildman–Crippen MR) is 102 cm³/mol. The standard InChI is InChI=1S/C19H18N2O5S/c1-25-19-13-14(4-10-18(19)26-12-11-20)3-9-17(22)15-5-7-16(8-6-15)21-27(2,23)24/h3-10,13,21H,12H2,1-2H3. The summed E-state index contributed by atoms with van der Waals surface area (Å²) in [5.41, 5.74) is 1.53. The minimum atomic E-state index is -3.36. The maximum absolute atomic E-state index is 12.3. The monoisotopic (exact) mass is 386 g/mol. The second-order valence-corrected chi connectivity index (χ2v) is 7.25. The van der Waals surface area contributed by atoms with Gasteiger partial charge in [-0.25, -0.2) is 8.42 Å². The molecule has 0 saturated carbocycles. The maximum atomic E-state index is 12.3. The number of nitrogens with one attached hydrogen (secondary N) is 1. The highest BCUT2D eigenvalue weighted by atomic mass is 32.2. The average molecular weight is 386 g/mol. The second kappa shape index (κ2) is 8.87. The largest absolute Gasteiger partial charge is 0.493 e. The molecule has 0 spiro atoms. The number of rotatable bonds is 8. The molecule has 0 aliphatic rings. The highest BCUT2D eigenvalue weighted by Gasteiger charge is 2.07. The van der Waals surface area contributed by atoms with Gasteiger partial charge in [0.05, 0.1) is 13.4 Å². The van der Waals surface area contributed by atoms with Gasteiger partial charge in [-0.15, -0.1) is 0 Å². The minimum Gasteiger partial charge on any atom is -0.493 e. The number of methoxy groups -OCH3 is 1. The Hall–Kier alpha value is -3.31. The summed E-state index contributed by atoms with van der Waals surface area (Å²) < 4.78 is 35.2. The van der Waals surface area contributed by atoms with Crippen LogP contribution in [0.15, 0.2) is 48.5 Å². The lowest BCUT2D eigenvalue weighted by atomic mass is 10.1. The zero-order valence-corrected chi connectivity index (χ0v) is 15.6. The van der Waals surface area contributed by atoms with Gasteiger partial charge in [-0.2, -0.15) is 5.26 Å². The molecule has 7 nitrogen and oxygen atoms in total. The summed E-state index contributed by atoms with van der Waals surface area (Å²) in [6.45, 7) is -0.0891. The molecule has 0 radical (unpaired) electrons. The van der Waals surface area contributed by atoms with Crippen LogP contribution in [-0.4, -0.2) is 34.2 Å². The molecule has 0 aliphatic carbocycles. The lowest BCUT2D eigenvalue weighted by Gasteiger charge is -2.08. The Morgan fingerprint density at radius 1 is 1.19 bits per heavy atom. The molecule has 0 unspecified atom stereocenters. The van der Waals surface area contributed by atoms with Crippen molar-refractivity contribution in [2.45, 2.75) is 0 Å². The lowest BCUT2D eigenvalue weighted by Crippen LogP contribution is -2.09. The number of sulfonamides is 1. The molecule has 0 aromatic heterocycles. The van der Waals surface area contributed by atoms with Crippen LogP contribution in [0.3, 0.4) is 0 Å². The van der Waals surface area contributed by atoms with Gasteiger partial charge in [-0.05, 0) is 48.0 Å². The third-order valence-electron chi connectivity index (χ3n) is 3.38. The number of carbonyl (C=O) groups excluding carboxylic acids is 1. The van der Waals surface area contributed by atoms with Crippen LogP contribution in [0.2, 0.25) is 0 Å². The van der Waals surface area contributed by atoms with E-state index in [4.69, 9.17) is 14.7 Å². The predicted octanol–water partition coefficient (Wildman–Crippen LogP) is 2.87. The molecule has 0 fully saturated rings. The van der Waals surface area contributed by atoms with Gasteiger partial charge in [0, 0.05) is 11.3 Å². The van der Waals surface area contributed by atoms with Gasteiger partial charge in [0.2, 0.25) is 10.0 Å². The molecule has 0 aliphatic heterocycles. The number of ether oxygens (including phenoxy) is 2. The molecular weight excluding hydrogens is 368 g/mol. The Labute approximate surface area is 157 Å². The zero-order chi connectivity index (χ0) is 19.9. The Morgan fingerprint density at radius 2 is 1.89 bits per heavy atom. The topological polar surface area (TPSA) is 105 Å². The first-order chi connectivity index (χ1) is 12.8. The fraction of sp³-hybridized carbons (Fsp3) is 0.158. The summed E-state index contributed by atoms with van der Waals surface area (Å²) in [5.74, 6) is 0.664. The van der Waals surface area contributed by atoms with Crippen molar-refractivity contribution in [3.05, 3.63) is 59.7 Å². The molecule has 2 rings (SSSR count). The summed E-state index contributed by atoms with van der Waals surface area (Å²) in [6, 6.07) is 13.1. The van der Waals surface area contributed by atoms with Crippen molar-refractivity contribution in [1.82, 2.24) is 0 Å². The Balaban J connectivity index is 2.11. The first-order valence-corrected chi connectivity index (χ1v) is 9.69. The first-order valence-electron chi connectivity index (χ1n) is 7.80. The molecule has 0 saturated heterocycles. The van der Waals surface area contributed by atoms with Crippen molar-refractivity contribution < 1.29 is 22.7 Å². The summed E-state index contributed by atoms with van der Waals surface area (Å²) >= 11 is 0. The molecule has 0 amide bonds. The molecule has 2 aromatic carbocycles. The van der Waals surface area contributed by atoms with Crippen LogP contribution in [0.5, 0.6) is 11.5 Å². The van der Waals surface area contributed by atoms with Crippen LogP contribution in [0, 0.1) is 11.3 Å². The number of carbonyl (C=O) groups is 1. The molecule has 1 N–H and O–H groups in total. The fourth-order valence-corrected chi connectivity index (χ4v) is 2.77. The van der Waals surface area contributed by atoms with Gasteiger partial charge in [0.25, 0.3) is 0 Å². The molecule has 27 heavy (non-hydrogen) atoms. The molecule has 2 aromatic rings. The van der Waals surface area contributed by atoms with Crippen molar-refractivity contribution in [1.29, 1.82) is 5.26 Å². The Morgan fingerprint density at radius 3 is 2.48 bits per heavy atom. The van der Waals surface area contributed by atoms with Crippen LogP contribution in [0.25, 0.3) is 6.08 Å². The number of hydrogen-bond donors (Lipinski definition) is 1. The first kappa shape index (κ1) is 20.0. The number of anilines is 1. The van der Waals surface area contributed by atoms with Crippen molar-refractivity contribution in [2.24, 2.45) is 0 Å². The number of benzene rings is 2. The summed E-state index contributed by atoms with van der Waals surface area (Å²) in [7, 11) is -1.88. The molecule has 0 bridgehead atoms. The van der Waals surface area contributed by atoms with E-state index in [1.165, 1.54) is 25.3 Å². The SMILES string of the molecule is COc1cc(C=CC(=O)c2ccc(NS(C)(=O)=O)cc2)ccc1OCC#N. The quantitative estimate of drug-likeness (QED) is 0.552. The minimum absolute atomic E-state index is 0.0891. The summed E-state index contributed by atoms with van der Waals surface area (Å²) in [6.07, 6.45) is 4.09. The number of nitrogens with zero attached hydrogens (tertiary/aromatic N) is 1. The second-order valence-electron chi connectivity index (χ2n) is 5.51. The molecular formula is C19H18N2O5S. The lowest BCUT2D eigenvalue weighted by molar-refractivity contribution is 0.104. The third-order valence-corrected chi connectivity index (χ3v) is 3.99. The van der Waals surface area contributed by atoms with Gasteiger partial charge in [-0.3, -0.25) is 9.52 Å². The van der Waals surface area contributed by atoms with E-state index in [9.17, 15) is 13.2 Å². The smallest absolute Gasteiger partial charge is 0.229 e. The van der Waals surface area contributed by atoms with E-state index in [0.717, 1.165) is 11.8 Å². The van der Waals surface area contributed by atoms with E-state index in [2.05, 4.69) is 4.72 Å². The summed E-state index contributed by atoms with van der Waals surface area (Å²) in [5, 5.41) is 8.57. The van der Waals surface area contributed by atoms with Crippen LogP contribution in [-0.2, 0) is 10.0 Å². The Bertz CT molecular complexity index is 990. The van der Waals surface area contributed by atoms with Gasteiger partial charge in [-0.1, -0.05) is 12.1 Å². The van der Waals surface area contributed by atoms with Gasteiger partial charge < -0.3 is 9.47 Å². The van der Waals surface area contributed by atoms with E-state index in [-0.39, 0.29) is 12.4 Å². The molecule has 140 valence electrons. The number of hydrogen-bond acceptors (Lipinski definition) is 6. The van der Waals surface area contributed by atoms with E-state index < -0.39 is 10.0 Å². The van der Waals surface area contributed by atoms with Crippen molar-refractivity contribution in [3.8, 4) is 17.6 Å². The van der Waals surface area contributed by atoms with Crippen molar-refractivity contribution in [3.63, 3.8) is 0 Å². The van der Waals surface area contributed by atoms with Gasteiger partial charge >= 0.3 is 0 Å². The van der Waals surface area contributed by atoms with E-state index in [1.807, 2.05) is 6.07 Å². The fourth-order valence-electron chi connectivity index (χ4n) is 2.20. The Kier molecular flexibility index (Phi) is 6.57. The van der Waals surface area contributed by atoms with Crippen LogP contribution in [0.1, 0.15) is 15.9 Å². The van der Waals surface area contributed by atoms with Crippen LogP contribution >= 0.6 is 0 Å². The van der Waals surface area contributed by atoms with Crippen molar-refractivity contribution >= 4 is 27.6 Å². The molecule has 0 heterocycles.